The normalized spacial score (nSPS) is 10.6. The second-order valence-electron chi connectivity index (χ2n) is 3.38. The quantitative estimate of drug-likeness (QED) is 0.768. The molecule has 0 aliphatic carbocycles. The van der Waals surface area contributed by atoms with Crippen molar-refractivity contribution in [2.75, 3.05) is 5.32 Å². The average molecular weight is 263 g/mol. The highest BCUT2D eigenvalue weighted by atomic mass is 35.5. The van der Waals surface area contributed by atoms with Crippen molar-refractivity contribution in [3.05, 3.63) is 41.9 Å². The largest absolute Gasteiger partial charge is 0.329 e. The summed E-state index contributed by atoms with van der Waals surface area (Å²) < 4.78 is 1.05. The van der Waals surface area contributed by atoms with Gasteiger partial charge in [-0.3, -0.25) is 0 Å². The maximum Gasteiger partial charge on any atom is 0.188 e. The molecule has 0 atom stereocenters. The minimum atomic E-state index is 0.718. The van der Waals surface area contributed by atoms with Gasteiger partial charge in [0.05, 0.1) is 28.3 Å². The highest BCUT2D eigenvalue weighted by molar-refractivity contribution is 7.22. The number of nitrogens with one attached hydrogen (secondary N) is 1. The van der Waals surface area contributed by atoms with Gasteiger partial charge in [-0.05, 0) is 18.2 Å². The van der Waals surface area contributed by atoms with Gasteiger partial charge in [0.1, 0.15) is 6.33 Å². The Hall–Kier alpha value is -1.72. The Morgan fingerprint density at radius 1 is 1.18 bits per heavy atom. The van der Waals surface area contributed by atoms with Crippen LogP contribution in [-0.4, -0.2) is 15.0 Å². The Balaban J connectivity index is 1.96. The Morgan fingerprint density at radius 3 is 2.82 bits per heavy atom. The molecule has 0 saturated heterocycles. The molecule has 0 amide bonds. The second kappa shape index (κ2) is 4.27. The number of nitrogens with zero attached hydrogens (tertiary/aromatic N) is 3. The van der Waals surface area contributed by atoms with Gasteiger partial charge in [-0.2, -0.15) is 0 Å². The van der Waals surface area contributed by atoms with Crippen molar-refractivity contribution in [1.82, 2.24) is 15.0 Å². The Morgan fingerprint density at radius 2 is 2.00 bits per heavy atom. The summed E-state index contributed by atoms with van der Waals surface area (Å²) in [6, 6.07) is 5.64. The van der Waals surface area contributed by atoms with Gasteiger partial charge < -0.3 is 5.32 Å². The van der Waals surface area contributed by atoms with Crippen LogP contribution in [0, 0.1) is 0 Å². The molecule has 6 heteroatoms. The third kappa shape index (κ3) is 2.20. The van der Waals surface area contributed by atoms with Gasteiger partial charge in [-0.15, -0.1) is 0 Å². The van der Waals surface area contributed by atoms with Crippen LogP contribution in [0.15, 0.2) is 36.9 Å². The molecule has 2 heterocycles. The van der Waals surface area contributed by atoms with Crippen molar-refractivity contribution in [2.45, 2.75) is 0 Å². The highest BCUT2D eigenvalue weighted by Gasteiger charge is 2.04. The maximum absolute atomic E-state index is 5.93. The molecule has 84 valence electrons. The predicted octanol–water partition coefficient (Wildman–Crippen LogP) is 3.48. The summed E-state index contributed by atoms with van der Waals surface area (Å²) in [7, 11) is 0. The minimum absolute atomic E-state index is 0.718. The van der Waals surface area contributed by atoms with Crippen molar-refractivity contribution in [1.29, 1.82) is 0 Å². The number of thiazole rings is 1. The first kappa shape index (κ1) is 10.4. The smallest absolute Gasteiger partial charge is 0.188 e. The van der Waals surface area contributed by atoms with Gasteiger partial charge in [-0.1, -0.05) is 22.9 Å². The molecule has 1 N–H and O–H groups in total. The monoisotopic (exact) mass is 262 g/mol. The lowest BCUT2D eigenvalue weighted by atomic mass is 10.3. The van der Waals surface area contributed by atoms with Crippen LogP contribution < -0.4 is 5.32 Å². The predicted molar refractivity (Wildman–Crippen MR) is 69.9 cm³/mol. The molecular formula is C11H7ClN4S. The first-order chi connectivity index (χ1) is 8.31. The standard InChI is InChI=1S/C11H7ClN4S/c12-7-1-2-9-10(3-7)17-11(16-9)15-8-4-13-6-14-5-8/h1-6H,(H,15,16). The van der Waals surface area contributed by atoms with Crippen LogP contribution in [0.2, 0.25) is 5.02 Å². The third-order valence-corrected chi connectivity index (χ3v) is 3.33. The van der Waals surface area contributed by atoms with Crippen LogP contribution in [0.25, 0.3) is 10.2 Å². The van der Waals surface area contributed by atoms with E-state index in [1.165, 1.54) is 6.33 Å². The van der Waals surface area contributed by atoms with E-state index in [1.807, 2.05) is 18.2 Å². The number of benzene rings is 1. The number of fused-ring (bicyclic) bond motifs is 1. The third-order valence-electron chi connectivity index (χ3n) is 2.16. The van der Waals surface area contributed by atoms with Crippen molar-refractivity contribution in [3.8, 4) is 0 Å². The summed E-state index contributed by atoms with van der Waals surface area (Å²) in [6.45, 7) is 0. The topological polar surface area (TPSA) is 50.7 Å². The van der Waals surface area contributed by atoms with Crippen LogP contribution >= 0.6 is 22.9 Å². The summed E-state index contributed by atoms with van der Waals surface area (Å²) in [5, 5.41) is 4.67. The van der Waals surface area contributed by atoms with E-state index in [2.05, 4.69) is 20.3 Å². The summed E-state index contributed by atoms with van der Waals surface area (Å²) in [4.78, 5) is 12.3. The van der Waals surface area contributed by atoms with E-state index < -0.39 is 0 Å². The summed E-state index contributed by atoms with van der Waals surface area (Å²) in [6.07, 6.45) is 4.89. The number of hydrogen-bond donors (Lipinski definition) is 1. The SMILES string of the molecule is Clc1ccc2nc(Nc3cncnc3)sc2c1. The first-order valence-corrected chi connectivity index (χ1v) is 6.09. The Bertz CT molecular complexity index is 653. The van der Waals surface area contributed by atoms with Crippen LogP contribution in [0.1, 0.15) is 0 Å². The molecule has 0 unspecified atom stereocenters. The lowest BCUT2D eigenvalue weighted by molar-refractivity contribution is 1.17. The van der Waals surface area contributed by atoms with Crippen LogP contribution in [0.3, 0.4) is 0 Å². The molecule has 0 radical (unpaired) electrons. The van der Waals surface area contributed by atoms with Crippen molar-refractivity contribution in [2.24, 2.45) is 0 Å². The molecule has 0 aliphatic heterocycles. The first-order valence-electron chi connectivity index (χ1n) is 4.89. The molecule has 3 aromatic rings. The molecule has 1 aromatic carbocycles. The summed E-state index contributed by atoms with van der Waals surface area (Å²) in [5.74, 6) is 0. The van der Waals surface area contributed by atoms with E-state index in [1.54, 1.807) is 23.7 Å². The maximum atomic E-state index is 5.93. The number of rotatable bonds is 2. The van der Waals surface area contributed by atoms with Gasteiger partial charge in [-0.25, -0.2) is 15.0 Å². The molecular weight excluding hydrogens is 256 g/mol. The fourth-order valence-corrected chi connectivity index (χ4v) is 2.60. The van der Waals surface area contributed by atoms with E-state index in [0.717, 1.165) is 26.1 Å². The van der Waals surface area contributed by atoms with E-state index in [9.17, 15) is 0 Å². The Labute approximate surface area is 106 Å². The lowest BCUT2D eigenvalue weighted by Crippen LogP contribution is -1.90. The van der Waals surface area contributed by atoms with E-state index in [0.29, 0.717) is 0 Å². The number of hydrogen-bond acceptors (Lipinski definition) is 5. The van der Waals surface area contributed by atoms with Crippen molar-refractivity contribution >= 4 is 44.0 Å². The fourth-order valence-electron chi connectivity index (χ4n) is 1.44. The van der Waals surface area contributed by atoms with Crippen LogP contribution in [0.4, 0.5) is 10.8 Å². The fraction of sp³-hybridized carbons (Fsp3) is 0. The number of halogens is 1. The van der Waals surface area contributed by atoms with Gasteiger partial charge in [0.15, 0.2) is 5.13 Å². The summed E-state index contributed by atoms with van der Waals surface area (Å²) >= 11 is 7.47. The van der Waals surface area contributed by atoms with Gasteiger partial charge in [0.25, 0.3) is 0 Å². The molecule has 4 nitrogen and oxygen atoms in total. The lowest BCUT2D eigenvalue weighted by Gasteiger charge is -1.98. The van der Waals surface area contributed by atoms with E-state index in [-0.39, 0.29) is 0 Å². The average Bonchev–Trinajstić information content (AvgIpc) is 2.71. The van der Waals surface area contributed by atoms with Crippen LogP contribution in [-0.2, 0) is 0 Å². The van der Waals surface area contributed by atoms with E-state index >= 15 is 0 Å². The van der Waals surface area contributed by atoms with Crippen molar-refractivity contribution < 1.29 is 0 Å². The zero-order chi connectivity index (χ0) is 11.7. The molecule has 0 saturated carbocycles. The molecule has 3 rings (SSSR count). The minimum Gasteiger partial charge on any atom is -0.329 e. The number of aromatic nitrogens is 3. The van der Waals surface area contributed by atoms with Gasteiger partial charge in [0.2, 0.25) is 0 Å². The van der Waals surface area contributed by atoms with Crippen LogP contribution in [0.5, 0.6) is 0 Å². The van der Waals surface area contributed by atoms with Gasteiger partial charge in [0, 0.05) is 5.02 Å². The Kier molecular flexibility index (Phi) is 2.62. The highest BCUT2D eigenvalue weighted by Crippen LogP contribution is 2.29. The van der Waals surface area contributed by atoms with Gasteiger partial charge >= 0.3 is 0 Å². The molecule has 17 heavy (non-hydrogen) atoms. The summed E-state index contributed by atoms with van der Waals surface area (Å²) in [5.41, 5.74) is 1.75. The zero-order valence-electron chi connectivity index (χ0n) is 8.59. The molecule has 0 aliphatic rings. The molecule has 0 bridgehead atoms. The van der Waals surface area contributed by atoms with E-state index in [4.69, 9.17) is 11.6 Å². The zero-order valence-corrected chi connectivity index (χ0v) is 10.2. The molecule has 0 fully saturated rings. The number of anilines is 2. The molecule has 2 aromatic heterocycles. The van der Waals surface area contributed by atoms with Crippen molar-refractivity contribution in [3.63, 3.8) is 0 Å². The second-order valence-corrected chi connectivity index (χ2v) is 4.85. The molecule has 0 spiro atoms.